The molecule has 0 bridgehead atoms. The third kappa shape index (κ3) is 9.76. The standard InChI is InChI=1S/C10H19F3N2O/c1-8(7-14)3-2-6-15-9(16)4-5-10(11,12)13/h8H,2-7,14H2,1H3,(H,15,16). The number of halogens is 3. The topological polar surface area (TPSA) is 55.1 Å². The first-order valence-electron chi connectivity index (χ1n) is 5.38. The van der Waals surface area contributed by atoms with Crippen LogP contribution in [0.15, 0.2) is 0 Å². The smallest absolute Gasteiger partial charge is 0.356 e. The summed E-state index contributed by atoms with van der Waals surface area (Å²) in [7, 11) is 0. The Bertz CT molecular complexity index is 207. The van der Waals surface area contributed by atoms with Gasteiger partial charge in [-0.3, -0.25) is 4.79 Å². The molecule has 1 atom stereocenters. The van der Waals surface area contributed by atoms with Gasteiger partial charge in [-0.25, -0.2) is 0 Å². The minimum Gasteiger partial charge on any atom is -0.356 e. The molecule has 96 valence electrons. The number of hydrogen-bond donors (Lipinski definition) is 2. The van der Waals surface area contributed by atoms with E-state index >= 15 is 0 Å². The summed E-state index contributed by atoms with van der Waals surface area (Å²) in [4.78, 5) is 11.0. The molecule has 0 fully saturated rings. The summed E-state index contributed by atoms with van der Waals surface area (Å²) >= 11 is 0. The average Bonchev–Trinajstić information content (AvgIpc) is 2.20. The maximum Gasteiger partial charge on any atom is 0.389 e. The SMILES string of the molecule is CC(CN)CCCNC(=O)CCC(F)(F)F. The molecule has 0 aliphatic rings. The first kappa shape index (κ1) is 15.2. The van der Waals surface area contributed by atoms with Gasteiger partial charge in [0.15, 0.2) is 0 Å². The highest BCUT2D eigenvalue weighted by atomic mass is 19.4. The zero-order valence-electron chi connectivity index (χ0n) is 9.44. The third-order valence-electron chi connectivity index (χ3n) is 2.23. The van der Waals surface area contributed by atoms with Crippen LogP contribution < -0.4 is 11.1 Å². The zero-order chi connectivity index (χ0) is 12.6. The number of carbonyl (C=O) groups is 1. The summed E-state index contributed by atoms with van der Waals surface area (Å²) in [5.41, 5.74) is 5.40. The van der Waals surface area contributed by atoms with Gasteiger partial charge in [-0.1, -0.05) is 6.92 Å². The molecule has 0 aliphatic heterocycles. The van der Waals surface area contributed by atoms with E-state index in [9.17, 15) is 18.0 Å². The van der Waals surface area contributed by atoms with Crippen molar-refractivity contribution in [2.75, 3.05) is 13.1 Å². The first-order valence-corrected chi connectivity index (χ1v) is 5.38. The van der Waals surface area contributed by atoms with E-state index in [0.717, 1.165) is 12.8 Å². The van der Waals surface area contributed by atoms with Crippen molar-refractivity contribution in [2.45, 2.75) is 38.8 Å². The molecule has 0 radical (unpaired) electrons. The lowest BCUT2D eigenvalue weighted by Crippen LogP contribution is -2.26. The van der Waals surface area contributed by atoms with E-state index in [4.69, 9.17) is 5.73 Å². The van der Waals surface area contributed by atoms with E-state index in [1.165, 1.54) is 0 Å². The van der Waals surface area contributed by atoms with Gasteiger partial charge in [0.2, 0.25) is 5.91 Å². The predicted molar refractivity (Wildman–Crippen MR) is 55.8 cm³/mol. The molecule has 3 nitrogen and oxygen atoms in total. The summed E-state index contributed by atoms with van der Waals surface area (Å²) in [5, 5.41) is 2.45. The lowest BCUT2D eigenvalue weighted by atomic mass is 10.1. The molecule has 0 rings (SSSR count). The van der Waals surface area contributed by atoms with Crippen molar-refractivity contribution >= 4 is 5.91 Å². The van der Waals surface area contributed by atoms with Gasteiger partial charge < -0.3 is 11.1 Å². The Hall–Kier alpha value is -0.780. The summed E-state index contributed by atoms with van der Waals surface area (Å²) in [5.74, 6) is -0.162. The van der Waals surface area contributed by atoms with Crippen molar-refractivity contribution in [3.63, 3.8) is 0 Å². The van der Waals surface area contributed by atoms with Crippen LogP contribution in [0.2, 0.25) is 0 Å². The van der Waals surface area contributed by atoms with Crippen LogP contribution in [0.4, 0.5) is 13.2 Å². The van der Waals surface area contributed by atoms with Crippen molar-refractivity contribution in [1.82, 2.24) is 5.32 Å². The molecule has 6 heteroatoms. The average molecular weight is 240 g/mol. The minimum atomic E-state index is -4.26. The second-order valence-electron chi connectivity index (χ2n) is 3.95. The number of nitrogens with one attached hydrogen (secondary N) is 1. The second kappa shape index (κ2) is 7.49. The molecule has 0 aromatic carbocycles. The highest BCUT2D eigenvalue weighted by Crippen LogP contribution is 2.20. The normalized spacial score (nSPS) is 13.6. The van der Waals surface area contributed by atoms with Gasteiger partial charge in [0.05, 0.1) is 6.42 Å². The summed E-state index contributed by atoms with van der Waals surface area (Å²) in [6.45, 7) is 2.99. The molecular weight excluding hydrogens is 221 g/mol. The van der Waals surface area contributed by atoms with E-state index in [-0.39, 0.29) is 0 Å². The molecule has 0 saturated heterocycles. The molecule has 3 N–H and O–H groups in total. The maximum absolute atomic E-state index is 11.8. The monoisotopic (exact) mass is 240 g/mol. The van der Waals surface area contributed by atoms with Gasteiger partial charge in [0.1, 0.15) is 0 Å². The van der Waals surface area contributed by atoms with Crippen molar-refractivity contribution in [1.29, 1.82) is 0 Å². The summed E-state index contributed by atoms with van der Waals surface area (Å²) < 4.78 is 35.3. The Morgan fingerprint density at radius 3 is 2.56 bits per heavy atom. The molecule has 0 heterocycles. The largest absolute Gasteiger partial charge is 0.389 e. The molecule has 1 unspecified atom stereocenters. The Labute approximate surface area is 93.6 Å². The summed E-state index contributed by atoms with van der Waals surface area (Å²) in [6, 6.07) is 0. The Balaban J connectivity index is 3.45. The minimum absolute atomic E-state index is 0.382. The zero-order valence-corrected chi connectivity index (χ0v) is 9.44. The van der Waals surface area contributed by atoms with Gasteiger partial charge in [0, 0.05) is 13.0 Å². The number of alkyl halides is 3. The van der Waals surface area contributed by atoms with Crippen LogP contribution in [0, 0.1) is 5.92 Å². The predicted octanol–water partition coefficient (Wildman–Crippen LogP) is 1.82. The highest BCUT2D eigenvalue weighted by molar-refractivity contribution is 5.75. The molecular formula is C10H19F3N2O. The molecule has 0 aliphatic carbocycles. The number of nitrogens with two attached hydrogens (primary N) is 1. The lowest BCUT2D eigenvalue weighted by molar-refractivity contribution is -0.144. The van der Waals surface area contributed by atoms with Crippen molar-refractivity contribution in [3.05, 3.63) is 0 Å². The van der Waals surface area contributed by atoms with Crippen molar-refractivity contribution < 1.29 is 18.0 Å². The van der Waals surface area contributed by atoms with Crippen LogP contribution in [-0.4, -0.2) is 25.2 Å². The fraction of sp³-hybridized carbons (Fsp3) is 0.900. The van der Waals surface area contributed by atoms with Crippen molar-refractivity contribution in [3.8, 4) is 0 Å². The van der Waals surface area contributed by atoms with Gasteiger partial charge in [0.25, 0.3) is 0 Å². The number of rotatable bonds is 7. The van der Waals surface area contributed by atoms with Gasteiger partial charge >= 0.3 is 6.18 Å². The van der Waals surface area contributed by atoms with E-state index in [0.29, 0.717) is 19.0 Å². The van der Waals surface area contributed by atoms with E-state index in [1.54, 1.807) is 0 Å². The van der Waals surface area contributed by atoms with E-state index in [2.05, 4.69) is 5.32 Å². The quantitative estimate of drug-likeness (QED) is 0.667. The number of carbonyl (C=O) groups excluding carboxylic acids is 1. The van der Waals surface area contributed by atoms with Crippen LogP contribution in [0.25, 0.3) is 0 Å². The van der Waals surface area contributed by atoms with E-state index < -0.39 is 24.9 Å². The van der Waals surface area contributed by atoms with Crippen LogP contribution in [0.3, 0.4) is 0 Å². The van der Waals surface area contributed by atoms with Crippen LogP contribution in [0.1, 0.15) is 32.6 Å². The van der Waals surface area contributed by atoms with Crippen molar-refractivity contribution in [2.24, 2.45) is 11.7 Å². The molecule has 0 spiro atoms. The maximum atomic E-state index is 11.8. The first-order chi connectivity index (χ1) is 7.35. The van der Waals surface area contributed by atoms with Gasteiger partial charge in [-0.15, -0.1) is 0 Å². The third-order valence-corrected chi connectivity index (χ3v) is 2.23. The summed E-state index contributed by atoms with van der Waals surface area (Å²) in [6.07, 6.45) is -4.19. The number of amides is 1. The second-order valence-corrected chi connectivity index (χ2v) is 3.95. The lowest BCUT2D eigenvalue weighted by Gasteiger charge is -2.09. The molecule has 0 aromatic rings. The molecule has 0 saturated carbocycles. The van der Waals surface area contributed by atoms with Gasteiger partial charge in [-0.05, 0) is 25.3 Å². The molecule has 1 amide bonds. The number of hydrogen-bond acceptors (Lipinski definition) is 2. The fourth-order valence-electron chi connectivity index (χ4n) is 1.14. The Morgan fingerprint density at radius 2 is 2.06 bits per heavy atom. The fourth-order valence-corrected chi connectivity index (χ4v) is 1.14. The van der Waals surface area contributed by atoms with Crippen LogP contribution in [-0.2, 0) is 4.79 Å². The van der Waals surface area contributed by atoms with E-state index in [1.807, 2.05) is 6.92 Å². The molecule has 0 aromatic heterocycles. The molecule has 16 heavy (non-hydrogen) atoms. The van der Waals surface area contributed by atoms with Gasteiger partial charge in [-0.2, -0.15) is 13.2 Å². The highest BCUT2D eigenvalue weighted by Gasteiger charge is 2.27. The Kier molecular flexibility index (Phi) is 7.12. The van der Waals surface area contributed by atoms with Crippen LogP contribution in [0.5, 0.6) is 0 Å². The Morgan fingerprint density at radius 1 is 1.44 bits per heavy atom. The van der Waals surface area contributed by atoms with Crippen LogP contribution >= 0.6 is 0 Å².